The van der Waals surface area contributed by atoms with Gasteiger partial charge < -0.3 is 10.6 Å². The summed E-state index contributed by atoms with van der Waals surface area (Å²) in [5.74, 6) is 0.0990. The molecule has 0 atom stereocenters. The molecule has 0 saturated heterocycles. The maximum absolute atomic E-state index is 12.7. The molecule has 100 valence electrons. The molecule has 1 aliphatic heterocycles. The lowest BCUT2D eigenvalue weighted by molar-refractivity contribution is 0.0993. The molecule has 3 aromatic rings. The van der Waals surface area contributed by atoms with E-state index in [0.717, 1.165) is 34.8 Å². The fourth-order valence-electron chi connectivity index (χ4n) is 2.64. The predicted molar refractivity (Wildman–Crippen MR) is 85.9 cm³/mol. The molecule has 4 rings (SSSR count). The molecule has 2 N–H and O–H groups in total. The summed E-state index contributed by atoms with van der Waals surface area (Å²) in [7, 11) is 0. The van der Waals surface area contributed by atoms with E-state index in [1.54, 1.807) is 22.7 Å². The molecule has 0 unspecified atom stereocenters. The van der Waals surface area contributed by atoms with E-state index in [0.29, 0.717) is 0 Å². The average Bonchev–Trinajstić information content (AvgIpc) is 3.10. The molecule has 0 fully saturated rings. The van der Waals surface area contributed by atoms with Crippen LogP contribution in [0.4, 0.5) is 11.4 Å². The first-order valence-corrected chi connectivity index (χ1v) is 8.09. The van der Waals surface area contributed by atoms with E-state index < -0.39 is 0 Å². The maximum Gasteiger partial charge on any atom is 0.268 e. The van der Waals surface area contributed by atoms with Gasteiger partial charge in [-0.1, -0.05) is 0 Å². The minimum absolute atomic E-state index is 0.0990. The van der Waals surface area contributed by atoms with Crippen LogP contribution in [0, 0.1) is 0 Å². The van der Waals surface area contributed by atoms with E-state index in [1.807, 2.05) is 29.2 Å². The summed E-state index contributed by atoms with van der Waals surface area (Å²) in [5.41, 5.74) is 8.72. The van der Waals surface area contributed by atoms with Crippen molar-refractivity contribution in [2.75, 3.05) is 17.2 Å². The Labute approximate surface area is 124 Å². The van der Waals surface area contributed by atoms with Crippen molar-refractivity contribution in [1.82, 2.24) is 0 Å². The Morgan fingerprint density at radius 2 is 2.10 bits per heavy atom. The van der Waals surface area contributed by atoms with Crippen molar-refractivity contribution in [2.45, 2.75) is 6.42 Å². The van der Waals surface area contributed by atoms with Crippen molar-refractivity contribution in [1.29, 1.82) is 0 Å². The fourth-order valence-corrected chi connectivity index (χ4v) is 4.69. The molecule has 0 saturated carbocycles. The van der Waals surface area contributed by atoms with E-state index in [4.69, 9.17) is 5.73 Å². The van der Waals surface area contributed by atoms with Crippen molar-refractivity contribution in [2.24, 2.45) is 0 Å². The van der Waals surface area contributed by atoms with Crippen LogP contribution in [0.3, 0.4) is 0 Å². The Balaban J connectivity index is 1.72. The minimum Gasteiger partial charge on any atom is -0.399 e. The number of fused-ring (bicyclic) bond motifs is 2. The number of amides is 1. The highest BCUT2D eigenvalue weighted by Crippen LogP contribution is 2.34. The fraction of sp³-hybridized carbons (Fsp3) is 0.133. The van der Waals surface area contributed by atoms with Crippen LogP contribution in [0.5, 0.6) is 0 Å². The van der Waals surface area contributed by atoms with Gasteiger partial charge in [-0.25, -0.2) is 0 Å². The molecule has 1 aromatic carbocycles. The number of nitrogen functional groups attached to an aromatic ring is 1. The zero-order valence-corrected chi connectivity index (χ0v) is 12.3. The number of rotatable bonds is 1. The molecule has 0 spiro atoms. The predicted octanol–water partition coefficient (Wildman–Crippen LogP) is 3.75. The first-order valence-electron chi connectivity index (χ1n) is 6.40. The molecule has 1 amide bonds. The van der Waals surface area contributed by atoms with Gasteiger partial charge in [0.2, 0.25) is 0 Å². The summed E-state index contributed by atoms with van der Waals surface area (Å²) < 4.78 is 2.38. The van der Waals surface area contributed by atoms with Crippen LogP contribution in [0.25, 0.3) is 9.40 Å². The zero-order chi connectivity index (χ0) is 13.7. The summed E-state index contributed by atoms with van der Waals surface area (Å²) in [5, 5.41) is 2.06. The van der Waals surface area contributed by atoms with Gasteiger partial charge in [0, 0.05) is 27.3 Å². The Hall–Kier alpha value is -1.85. The lowest BCUT2D eigenvalue weighted by atomic mass is 10.1. The van der Waals surface area contributed by atoms with E-state index in [9.17, 15) is 4.79 Å². The van der Waals surface area contributed by atoms with Crippen LogP contribution in [0.15, 0.2) is 35.7 Å². The van der Waals surface area contributed by atoms with Crippen LogP contribution < -0.4 is 10.6 Å². The van der Waals surface area contributed by atoms with Crippen LogP contribution in [-0.4, -0.2) is 12.5 Å². The highest BCUT2D eigenvalue weighted by molar-refractivity contribution is 7.27. The number of thiophene rings is 2. The molecule has 0 radical (unpaired) electrons. The molecule has 0 bridgehead atoms. The van der Waals surface area contributed by atoms with Crippen molar-refractivity contribution in [3.63, 3.8) is 0 Å². The second kappa shape index (κ2) is 4.33. The molecule has 0 aliphatic carbocycles. The Bertz CT molecular complexity index is 790. The molecule has 2 aromatic heterocycles. The number of benzene rings is 1. The van der Waals surface area contributed by atoms with Gasteiger partial charge in [0.15, 0.2) is 0 Å². The van der Waals surface area contributed by atoms with Crippen molar-refractivity contribution >= 4 is 49.4 Å². The van der Waals surface area contributed by atoms with Crippen LogP contribution in [0.1, 0.15) is 15.2 Å². The highest BCUT2D eigenvalue weighted by atomic mass is 32.1. The number of nitrogens with zero attached hydrogens (tertiary/aromatic N) is 1. The Morgan fingerprint density at radius 3 is 2.95 bits per heavy atom. The quantitative estimate of drug-likeness (QED) is 0.696. The van der Waals surface area contributed by atoms with Gasteiger partial charge >= 0.3 is 0 Å². The van der Waals surface area contributed by atoms with Crippen LogP contribution in [0.2, 0.25) is 0 Å². The lowest BCUT2D eigenvalue weighted by Gasteiger charge is -2.16. The number of hydrogen-bond acceptors (Lipinski definition) is 4. The second-order valence-corrected chi connectivity index (χ2v) is 6.89. The Kier molecular flexibility index (Phi) is 2.58. The van der Waals surface area contributed by atoms with Crippen molar-refractivity contribution in [3.05, 3.63) is 46.2 Å². The van der Waals surface area contributed by atoms with Gasteiger partial charge in [-0.15, -0.1) is 22.7 Å². The third-order valence-corrected chi connectivity index (χ3v) is 5.68. The monoisotopic (exact) mass is 300 g/mol. The summed E-state index contributed by atoms with van der Waals surface area (Å²) in [6.45, 7) is 0.739. The summed E-state index contributed by atoms with van der Waals surface area (Å²) >= 11 is 3.25. The van der Waals surface area contributed by atoms with Gasteiger partial charge in [-0.05, 0) is 47.7 Å². The molecule has 3 nitrogen and oxygen atoms in total. The van der Waals surface area contributed by atoms with Crippen molar-refractivity contribution in [3.8, 4) is 0 Å². The molecular formula is C15H12N2OS2. The molecular weight excluding hydrogens is 288 g/mol. The van der Waals surface area contributed by atoms with E-state index in [2.05, 4.69) is 11.4 Å². The standard InChI is InChI=1S/C15H12N2OS2/c16-10-1-2-11-9(7-10)3-5-17(11)15(18)14-8-13-12(20-14)4-6-19-13/h1-2,4,6-8H,3,5,16H2. The smallest absolute Gasteiger partial charge is 0.268 e. The number of nitrogens with two attached hydrogens (primary N) is 1. The molecule has 5 heteroatoms. The number of carbonyl (C=O) groups excluding carboxylic acids is 1. The maximum atomic E-state index is 12.7. The zero-order valence-electron chi connectivity index (χ0n) is 10.6. The van der Waals surface area contributed by atoms with Gasteiger partial charge in [0.05, 0.1) is 4.88 Å². The topological polar surface area (TPSA) is 46.3 Å². The van der Waals surface area contributed by atoms with E-state index in [-0.39, 0.29) is 5.91 Å². The summed E-state index contributed by atoms with van der Waals surface area (Å²) in [6.07, 6.45) is 0.881. The highest BCUT2D eigenvalue weighted by Gasteiger charge is 2.26. The van der Waals surface area contributed by atoms with Crippen LogP contribution >= 0.6 is 22.7 Å². The lowest BCUT2D eigenvalue weighted by Crippen LogP contribution is -2.28. The van der Waals surface area contributed by atoms with Gasteiger partial charge in [0.1, 0.15) is 0 Å². The minimum atomic E-state index is 0.0990. The second-order valence-electron chi connectivity index (χ2n) is 4.85. The first kappa shape index (κ1) is 11.9. The Morgan fingerprint density at radius 1 is 1.20 bits per heavy atom. The molecule has 20 heavy (non-hydrogen) atoms. The van der Waals surface area contributed by atoms with Crippen LogP contribution in [-0.2, 0) is 6.42 Å². The SMILES string of the molecule is Nc1ccc2c(c1)CCN2C(=O)c1cc2sccc2s1. The largest absolute Gasteiger partial charge is 0.399 e. The van der Waals surface area contributed by atoms with Gasteiger partial charge in [-0.3, -0.25) is 4.79 Å². The summed E-state index contributed by atoms with van der Waals surface area (Å²) in [4.78, 5) is 15.4. The summed E-state index contributed by atoms with van der Waals surface area (Å²) in [6, 6.07) is 9.85. The molecule has 3 heterocycles. The van der Waals surface area contributed by atoms with Crippen molar-refractivity contribution < 1.29 is 4.79 Å². The molecule has 1 aliphatic rings. The number of anilines is 2. The normalized spacial score (nSPS) is 13.9. The van der Waals surface area contributed by atoms with E-state index in [1.165, 1.54) is 9.40 Å². The average molecular weight is 300 g/mol. The third kappa shape index (κ3) is 1.74. The van der Waals surface area contributed by atoms with E-state index >= 15 is 0 Å². The van der Waals surface area contributed by atoms with Gasteiger partial charge in [-0.2, -0.15) is 0 Å². The first-order chi connectivity index (χ1) is 9.72. The van der Waals surface area contributed by atoms with Gasteiger partial charge in [0.25, 0.3) is 5.91 Å². The number of hydrogen-bond donors (Lipinski definition) is 1. The third-order valence-electron chi connectivity index (χ3n) is 3.59. The number of carbonyl (C=O) groups is 1.